The number of halogens is 1. The van der Waals surface area contributed by atoms with Crippen LogP contribution in [0.2, 0.25) is 0 Å². The number of H-pyrrole nitrogens is 1. The maximum Gasteiger partial charge on any atom is 0.251 e. The maximum atomic E-state index is 14.3. The average Bonchev–Trinajstić information content (AvgIpc) is 3.60. The zero-order chi connectivity index (χ0) is 35.3. The molecule has 0 saturated heterocycles. The van der Waals surface area contributed by atoms with Crippen molar-refractivity contribution in [2.45, 2.75) is 123 Å². The molecule has 4 fully saturated rings. The minimum atomic E-state index is -0.408. The Morgan fingerprint density at radius 3 is 2.55 bits per heavy atom. The van der Waals surface area contributed by atoms with Crippen LogP contribution in [0, 0.1) is 40.3 Å². The van der Waals surface area contributed by atoms with Gasteiger partial charge in [0.05, 0.1) is 6.10 Å². The zero-order valence-electron chi connectivity index (χ0n) is 30.6. The number of hydrogen-bond donors (Lipinski definition) is 2. The van der Waals surface area contributed by atoms with E-state index in [4.69, 9.17) is 4.74 Å². The number of rotatable bonds is 10. The van der Waals surface area contributed by atoms with Gasteiger partial charge in [-0.2, -0.15) is 0 Å². The van der Waals surface area contributed by atoms with E-state index in [1.807, 2.05) is 24.3 Å². The SMILES string of the molecule is C[C@]12CCC(=O)C[C@@H]1CC[C@@H]1[C@@H]2CC[C@]2(C)C(OCCCCCCNC(=O)c3ccc(-c4[nH]c5cc(F)cc6c5c4CCCC6=O)cc3)CC[C@@H]12. The monoisotopic (exact) mass is 694 g/mol. The highest BCUT2D eigenvalue weighted by Gasteiger charge is 2.60. The lowest BCUT2D eigenvalue weighted by molar-refractivity contribution is -0.145. The number of carbonyl (C=O) groups excluding carboxylic acids is 3. The van der Waals surface area contributed by atoms with Crippen LogP contribution in [-0.2, 0) is 16.0 Å². The fourth-order valence-electron chi connectivity index (χ4n) is 11.8. The first kappa shape index (κ1) is 34.7. The van der Waals surface area contributed by atoms with Gasteiger partial charge in [0, 0.05) is 60.1 Å². The normalized spacial score (nSPS) is 31.5. The molecule has 1 aromatic heterocycles. The Labute approximate surface area is 302 Å². The number of aromatic nitrogens is 1. The quantitative estimate of drug-likeness (QED) is 0.207. The van der Waals surface area contributed by atoms with Crippen LogP contribution in [0.5, 0.6) is 0 Å². The molecule has 2 N–H and O–H groups in total. The molecule has 0 radical (unpaired) electrons. The van der Waals surface area contributed by atoms with E-state index < -0.39 is 5.82 Å². The van der Waals surface area contributed by atoms with Gasteiger partial charge >= 0.3 is 0 Å². The summed E-state index contributed by atoms with van der Waals surface area (Å²) in [6, 6.07) is 10.4. The third-order valence-electron chi connectivity index (χ3n) is 14.6. The third-order valence-corrected chi connectivity index (χ3v) is 14.6. The number of hydrogen-bond acceptors (Lipinski definition) is 4. The molecular formula is C44H55FN2O4. The summed E-state index contributed by atoms with van der Waals surface area (Å²) >= 11 is 0. The van der Waals surface area contributed by atoms with E-state index in [1.165, 1.54) is 50.7 Å². The number of amides is 1. The van der Waals surface area contributed by atoms with Gasteiger partial charge in [0.2, 0.25) is 0 Å². The Morgan fingerprint density at radius 2 is 1.71 bits per heavy atom. The van der Waals surface area contributed by atoms with Crippen molar-refractivity contribution in [1.29, 1.82) is 0 Å². The van der Waals surface area contributed by atoms with Crippen molar-refractivity contribution >= 4 is 28.4 Å². The van der Waals surface area contributed by atoms with Crippen molar-refractivity contribution in [3.05, 3.63) is 58.9 Å². The topological polar surface area (TPSA) is 88.3 Å². The van der Waals surface area contributed by atoms with Crippen LogP contribution in [0.15, 0.2) is 36.4 Å². The molecule has 0 aliphatic heterocycles. The number of unbranched alkanes of at least 4 members (excludes halogenated alkanes) is 3. The van der Waals surface area contributed by atoms with Gasteiger partial charge in [-0.15, -0.1) is 0 Å². The van der Waals surface area contributed by atoms with Gasteiger partial charge in [-0.05, 0) is 141 Å². The molecule has 0 spiro atoms. The molecule has 1 amide bonds. The third kappa shape index (κ3) is 6.29. The lowest BCUT2D eigenvalue weighted by atomic mass is 9.45. The molecule has 0 bridgehead atoms. The highest BCUT2D eigenvalue weighted by atomic mass is 19.1. The molecular weight excluding hydrogens is 639 g/mol. The molecule has 4 saturated carbocycles. The number of nitrogens with one attached hydrogen (secondary N) is 2. The molecule has 7 atom stereocenters. The summed E-state index contributed by atoms with van der Waals surface area (Å²) in [5.74, 6) is 3.00. The molecule has 3 aromatic rings. The van der Waals surface area contributed by atoms with Gasteiger partial charge in [-0.25, -0.2) is 4.39 Å². The minimum absolute atomic E-state index is 0.00870. The summed E-state index contributed by atoms with van der Waals surface area (Å²) < 4.78 is 20.9. The molecule has 2 aromatic carbocycles. The summed E-state index contributed by atoms with van der Waals surface area (Å²) in [5.41, 5.74) is 5.27. The van der Waals surface area contributed by atoms with Crippen molar-refractivity contribution in [3.63, 3.8) is 0 Å². The molecule has 51 heavy (non-hydrogen) atoms. The van der Waals surface area contributed by atoms with Gasteiger partial charge in [-0.3, -0.25) is 14.4 Å². The van der Waals surface area contributed by atoms with Crippen molar-refractivity contribution in [2.75, 3.05) is 13.2 Å². The van der Waals surface area contributed by atoms with Gasteiger partial charge in [0.1, 0.15) is 11.6 Å². The minimum Gasteiger partial charge on any atom is -0.378 e. The Kier molecular flexibility index (Phi) is 9.48. The number of aromatic amines is 1. The van der Waals surface area contributed by atoms with Crippen LogP contribution in [0.3, 0.4) is 0 Å². The van der Waals surface area contributed by atoms with E-state index in [0.29, 0.717) is 58.2 Å². The van der Waals surface area contributed by atoms with Crippen LogP contribution in [0.25, 0.3) is 22.2 Å². The van der Waals surface area contributed by atoms with Crippen molar-refractivity contribution in [1.82, 2.24) is 10.3 Å². The largest absolute Gasteiger partial charge is 0.378 e. The molecule has 7 heteroatoms. The lowest BCUT2D eigenvalue weighted by Gasteiger charge is -2.60. The number of ether oxygens (including phenoxy) is 1. The smallest absolute Gasteiger partial charge is 0.251 e. The summed E-state index contributed by atoms with van der Waals surface area (Å²) in [6.45, 7) is 6.53. The second kappa shape index (κ2) is 13.9. The lowest BCUT2D eigenvalue weighted by Crippen LogP contribution is -2.54. The number of benzene rings is 2. The van der Waals surface area contributed by atoms with E-state index in [2.05, 4.69) is 24.1 Å². The average molecular weight is 695 g/mol. The second-order valence-corrected chi connectivity index (χ2v) is 17.3. The Bertz CT molecular complexity index is 1810. The molecule has 1 unspecified atom stereocenters. The Balaban J connectivity index is 0.769. The zero-order valence-corrected chi connectivity index (χ0v) is 30.6. The molecule has 5 aliphatic carbocycles. The maximum absolute atomic E-state index is 14.3. The predicted molar refractivity (Wildman–Crippen MR) is 198 cm³/mol. The van der Waals surface area contributed by atoms with Crippen molar-refractivity contribution in [3.8, 4) is 11.3 Å². The molecule has 8 rings (SSSR count). The summed E-state index contributed by atoms with van der Waals surface area (Å²) in [6.07, 6.45) is 16.8. The van der Waals surface area contributed by atoms with Crippen LogP contribution in [0.4, 0.5) is 4.39 Å². The van der Waals surface area contributed by atoms with E-state index in [-0.39, 0.29) is 11.7 Å². The van der Waals surface area contributed by atoms with Gasteiger partial charge in [-0.1, -0.05) is 38.8 Å². The summed E-state index contributed by atoms with van der Waals surface area (Å²) in [7, 11) is 0. The number of Topliss-reactive ketones (excluding diaryl/α,β-unsaturated/α-hetero) is 2. The molecule has 1 heterocycles. The van der Waals surface area contributed by atoms with Gasteiger partial charge < -0.3 is 15.0 Å². The highest BCUT2D eigenvalue weighted by molar-refractivity contribution is 6.11. The summed E-state index contributed by atoms with van der Waals surface area (Å²) in [5, 5.41) is 3.91. The van der Waals surface area contributed by atoms with Gasteiger partial charge in [0.25, 0.3) is 5.91 Å². The molecule has 5 aliphatic rings. The molecule has 6 nitrogen and oxygen atoms in total. The van der Waals surface area contributed by atoms with Crippen LogP contribution in [-0.4, -0.2) is 41.7 Å². The highest BCUT2D eigenvalue weighted by Crippen LogP contribution is 2.66. The van der Waals surface area contributed by atoms with Crippen LogP contribution >= 0.6 is 0 Å². The van der Waals surface area contributed by atoms with Crippen LogP contribution in [0.1, 0.15) is 136 Å². The first-order chi connectivity index (χ1) is 24.7. The molecule has 272 valence electrons. The van der Waals surface area contributed by atoms with Crippen molar-refractivity contribution in [2.24, 2.45) is 34.5 Å². The summed E-state index contributed by atoms with van der Waals surface area (Å²) in [4.78, 5) is 41.1. The van der Waals surface area contributed by atoms with Crippen molar-refractivity contribution < 1.29 is 23.5 Å². The fourth-order valence-corrected chi connectivity index (χ4v) is 11.8. The van der Waals surface area contributed by atoms with Crippen LogP contribution < -0.4 is 5.32 Å². The number of carbonyl (C=O) groups is 3. The van der Waals surface area contributed by atoms with Gasteiger partial charge in [0.15, 0.2) is 5.78 Å². The number of ketones is 2. The van der Waals surface area contributed by atoms with E-state index in [1.54, 1.807) is 0 Å². The Morgan fingerprint density at radius 1 is 0.902 bits per heavy atom. The van der Waals surface area contributed by atoms with E-state index in [9.17, 15) is 18.8 Å². The van der Waals surface area contributed by atoms with E-state index in [0.717, 1.165) is 104 Å². The number of aryl methyl sites for hydroxylation is 1. The first-order valence-corrected chi connectivity index (χ1v) is 20.0. The second-order valence-electron chi connectivity index (χ2n) is 17.3. The fraction of sp³-hybridized carbons (Fsp3) is 0.614. The Hall–Kier alpha value is -3.32. The van der Waals surface area contributed by atoms with E-state index >= 15 is 0 Å². The first-order valence-electron chi connectivity index (χ1n) is 20.0. The standard InChI is InChI=1S/C44H55FN2O4/c1-43-20-18-31(48)24-29(43)14-15-32-35-16-17-39(44(35,2)21-19-36(32)43)51-23-6-4-3-5-22-46-42(50)28-12-10-27(11-13-28)41-33-8-7-9-38(49)34-25-30(45)26-37(47-41)40(33)34/h10-13,25-26,29,32,35-36,39,47H,3-9,14-24H2,1-2H3,(H,46,50)/t29-,32-,35-,36-,39?,43-,44-/m0/s1. The predicted octanol–water partition coefficient (Wildman–Crippen LogP) is 9.78. The number of fused-ring (bicyclic) bond motifs is 5.